The molecule has 0 radical (unpaired) electrons. The Hall–Kier alpha value is -2.09. The van der Waals surface area contributed by atoms with Crippen LogP contribution in [-0.2, 0) is 6.54 Å². The van der Waals surface area contributed by atoms with Gasteiger partial charge in [0.2, 0.25) is 0 Å². The standard InChI is InChI=1S/C21H22Cl2F2N2O3/c1-2-29-19-11-14(4-6-18(19)30-21(24)25)20(28)27-9-7-26(8-10-27)13-15-3-5-16(22)12-17(15)23/h3-6,11-12,21H,2,7-10,13H2,1H3. The highest BCUT2D eigenvalue weighted by molar-refractivity contribution is 6.35. The van der Waals surface area contributed by atoms with Gasteiger partial charge in [0.05, 0.1) is 6.61 Å². The monoisotopic (exact) mass is 458 g/mol. The van der Waals surface area contributed by atoms with Gasteiger partial charge in [-0.15, -0.1) is 0 Å². The zero-order valence-electron chi connectivity index (χ0n) is 16.4. The molecule has 0 N–H and O–H groups in total. The molecule has 1 heterocycles. The molecule has 1 aliphatic rings. The zero-order chi connectivity index (χ0) is 21.7. The molecule has 0 aromatic heterocycles. The largest absolute Gasteiger partial charge is 0.490 e. The molecule has 1 aliphatic heterocycles. The van der Waals surface area contributed by atoms with Gasteiger partial charge in [0.25, 0.3) is 5.91 Å². The maximum atomic E-state index is 12.9. The highest BCUT2D eigenvalue weighted by Gasteiger charge is 2.24. The number of rotatable bonds is 7. The number of benzene rings is 2. The van der Waals surface area contributed by atoms with Crippen molar-refractivity contribution in [3.8, 4) is 11.5 Å². The van der Waals surface area contributed by atoms with Crippen molar-refractivity contribution < 1.29 is 23.0 Å². The molecule has 0 aliphatic carbocycles. The van der Waals surface area contributed by atoms with Gasteiger partial charge < -0.3 is 14.4 Å². The second-order valence-electron chi connectivity index (χ2n) is 6.78. The predicted molar refractivity (Wildman–Crippen MR) is 112 cm³/mol. The molecular weight excluding hydrogens is 437 g/mol. The van der Waals surface area contributed by atoms with E-state index in [1.54, 1.807) is 24.0 Å². The topological polar surface area (TPSA) is 42.0 Å². The van der Waals surface area contributed by atoms with Crippen molar-refractivity contribution in [3.63, 3.8) is 0 Å². The van der Waals surface area contributed by atoms with E-state index >= 15 is 0 Å². The summed E-state index contributed by atoms with van der Waals surface area (Å²) in [5, 5.41) is 1.21. The molecule has 0 bridgehead atoms. The van der Waals surface area contributed by atoms with Gasteiger partial charge in [-0.2, -0.15) is 8.78 Å². The van der Waals surface area contributed by atoms with Crippen molar-refractivity contribution in [1.29, 1.82) is 0 Å². The van der Waals surface area contributed by atoms with E-state index in [9.17, 15) is 13.6 Å². The SMILES string of the molecule is CCOc1cc(C(=O)N2CCN(Cc3ccc(Cl)cc3Cl)CC2)ccc1OC(F)F. The molecule has 1 fully saturated rings. The molecule has 9 heteroatoms. The van der Waals surface area contributed by atoms with Gasteiger partial charge >= 0.3 is 6.61 Å². The lowest BCUT2D eigenvalue weighted by Crippen LogP contribution is -2.48. The van der Waals surface area contributed by atoms with E-state index in [-0.39, 0.29) is 24.0 Å². The molecule has 2 aromatic rings. The average Bonchev–Trinajstić information content (AvgIpc) is 2.71. The number of ether oxygens (including phenoxy) is 2. The Morgan fingerprint density at radius 3 is 2.43 bits per heavy atom. The third kappa shape index (κ3) is 5.74. The fourth-order valence-electron chi connectivity index (χ4n) is 3.29. The lowest BCUT2D eigenvalue weighted by molar-refractivity contribution is -0.0514. The van der Waals surface area contributed by atoms with E-state index in [1.807, 2.05) is 6.07 Å². The number of halogens is 4. The van der Waals surface area contributed by atoms with Crippen LogP contribution in [-0.4, -0.2) is 55.1 Å². The smallest absolute Gasteiger partial charge is 0.387 e. The highest BCUT2D eigenvalue weighted by atomic mass is 35.5. The molecule has 0 atom stereocenters. The van der Waals surface area contributed by atoms with Gasteiger partial charge in [0, 0.05) is 48.3 Å². The molecule has 1 amide bonds. The molecule has 0 saturated carbocycles. The fourth-order valence-corrected chi connectivity index (χ4v) is 3.75. The van der Waals surface area contributed by atoms with Crippen LogP contribution in [0.3, 0.4) is 0 Å². The number of amides is 1. The van der Waals surface area contributed by atoms with Gasteiger partial charge in [-0.25, -0.2) is 0 Å². The zero-order valence-corrected chi connectivity index (χ0v) is 17.9. The fraction of sp³-hybridized carbons (Fsp3) is 0.381. The minimum Gasteiger partial charge on any atom is -0.490 e. The Labute approximate surface area is 184 Å². The first-order valence-electron chi connectivity index (χ1n) is 9.54. The third-order valence-electron chi connectivity index (χ3n) is 4.78. The van der Waals surface area contributed by atoms with Crippen LogP contribution < -0.4 is 9.47 Å². The van der Waals surface area contributed by atoms with Gasteiger partial charge in [0.15, 0.2) is 11.5 Å². The number of piperazine rings is 1. The second kappa shape index (κ2) is 10.3. The van der Waals surface area contributed by atoms with Crippen molar-refractivity contribution in [2.24, 2.45) is 0 Å². The van der Waals surface area contributed by atoms with E-state index in [0.29, 0.717) is 48.3 Å². The first kappa shape index (κ1) is 22.6. The number of hydrogen-bond acceptors (Lipinski definition) is 4. The average molecular weight is 459 g/mol. The number of carbonyl (C=O) groups is 1. The molecule has 5 nitrogen and oxygen atoms in total. The number of alkyl halides is 2. The Morgan fingerprint density at radius 1 is 1.07 bits per heavy atom. The Morgan fingerprint density at radius 2 is 1.80 bits per heavy atom. The Balaban J connectivity index is 1.62. The van der Waals surface area contributed by atoms with Crippen molar-refractivity contribution in [1.82, 2.24) is 9.80 Å². The normalized spacial score (nSPS) is 14.8. The third-order valence-corrected chi connectivity index (χ3v) is 5.36. The first-order chi connectivity index (χ1) is 14.4. The van der Waals surface area contributed by atoms with Crippen LogP contribution in [0.1, 0.15) is 22.8 Å². The lowest BCUT2D eigenvalue weighted by Gasteiger charge is -2.35. The van der Waals surface area contributed by atoms with Crippen LogP contribution in [0.5, 0.6) is 11.5 Å². The number of nitrogens with zero attached hydrogens (tertiary/aromatic N) is 2. The summed E-state index contributed by atoms with van der Waals surface area (Å²) < 4.78 is 34.9. The van der Waals surface area contributed by atoms with Crippen LogP contribution in [0, 0.1) is 0 Å². The van der Waals surface area contributed by atoms with Crippen LogP contribution in [0.4, 0.5) is 8.78 Å². The summed E-state index contributed by atoms with van der Waals surface area (Å²) in [5.74, 6) is -0.142. The first-order valence-corrected chi connectivity index (χ1v) is 10.3. The number of carbonyl (C=O) groups excluding carboxylic acids is 1. The minimum absolute atomic E-state index is 0.0898. The van der Waals surface area contributed by atoms with E-state index in [1.165, 1.54) is 18.2 Å². The molecule has 3 rings (SSSR count). The highest BCUT2D eigenvalue weighted by Crippen LogP contribution is 2.30. The van der Waals surface area contributed by atoms with Gasteiger partial charge in [-0.05, 0) is 42.8 Å². The summed E-state index contributed by atoms with van der Waals surface area (Å²) in [7, 11) is 0. The maximum absolute atomic E-state index is 12.9. The lowest BCUT2D eigenvalue weighted by atomic mass is 10.1. The molecule has 2 aromatic carbocycles. The summed E-state index contributed by atoms with van der Waals surface area (Å²) in [4.78, 5) is 16.8. The molecule has 30 heavy (non-hydrogen) atoms. The van der Waals surface area contributed by atoms with Crippen molar-refractivity contribution in [2.75, 3.05) is 32.8 Å². The Bertz CT molecular complexity index is 891. The molecular formula is C21H22Cl2F2N2O3. The molecule has 1 saturated heterocycles. The van der Waals surface area contributed by atoms with Crippen molar-refractivity contribution >= 4 is 29.1 Å². The van der Waals surface area contributed by atoms with Gasteiger partial charge in [-0.1, -0.05) is 29.3 Å². The summed E-state index contributed by atoms with van der Waals surface area (Å²) in [5.41, 5.74) is 1.35. The van der Waals surface area contributed by atoms with Crippen LogP contribution >= 0.6 is 23.2 Å². The maximum Gasteiger partial charge on any atom is 0.387 e. The number of hydrogen-bond donors (Lipinski definition) is 0. The molecule has 0 unspecified atom stereocenters. The van der Waals surface area contributed by atoms with Crippen molar-refractivity contribution in [2.45, 2.75) is 20.1 Å². The summed E-state index contributed by atoms with van der Waals surface area (Å²) in [6, 6.07) is 9.69. The van der Waals surface area contributed by atoms with Crippen molar-refractivity contribution in [3.05, 3.63) is 57.6 Å². The Kier molecular flexibility index (Phi) is 7.75. The minimum atomic E-state index is -2.96. The quantitative estimate of drug-likeness (QED) is 0.588. The summed E-state index contributed by atoms with van der Waals surface area (Å²) in [6.07, 6.45) is 0. The van der Waals surface area contributed by atoms with Gasteiger partial charge in [-0.3, -0.25) is 9.69 Å². The molecule has 162 valence electrons. The van der Waals surface area contributed by atoms with E-state index in [4.69, 9.17) is 27.9 Å². The molecule has 0 spiro atoms. The van der Waals surface area contributed by atoms with E-state index in [2.05, 4.69) is 9.64 Å². The van der Waals surface area contributed by atoms with Crippen LogP contribution in [0.25, 0.3) is 0 Å². The van der Waals surface area contributed by atoms with E-state index < -0.39 is 6.61 Å². The van der Waals surface area contributed by atoms with Crippen LogP contribution in [0.2, 0.25) is 10.0 Å². The second-order valence-corrected chi connectivity index (χ2v) is 7.62. The summed E-state index contributed by atoms with van der Waals surface area (Å²) >= 11 is 12.2. The summed E-state index contributed by atoms with van der Waals surface area (Å²) in [6.45, 7) is 2.17. The van der Waals surface area contributed by atoms with Crippen LogP contribution in [0.15, 0.2) is 36.4 Å². The van der Waals surface area contributed by atoms with E-state index in [0.717, 1.165) is 5.56 Å². The predicted octanol–water partition coefficient (Wildman–Crippen LogP) is 4.95. The van der Waals surface area contributed by atoms with Gasteiger partial charge in [0.1, 0.15) is 0 Å².